The second kappa shape index (κ2) is 17.6. The fourth-order valence-electron chi connectivity index (χ4n) is 6.22. The number of hydrogen-bond acceptors (Lipinski definition) is 7. The van der Waals surface area contributed by atoms with Gasteiger partial charge in [-0.25, -0.2) is 0 Å². The third kappa shape index (κ3) is 10.9. The standard InChI is InChI=1S/C33H56O7/c1-5-6-21-33(2,3)29(40-32-18-12-14-23-38-32)20-19-26-25(15-9-7-8-10-16-30(35)36-4)27(34)24-28(26)39-31-17-11-13-22-37-31/h7-8,19-20,25-29,31-32,34H,5-6,9-18,21-24H2,1-4H3/b8-7-,20-19+/t25-,26-,27+,28-,29-,31?,32?/m1/s1. The first kappa shape index (κ1) is 33.3. The molecule has 0 spiro atoms. The van der Waals surface area contributed by atoms with Crippen molar-refractivity contribution >= 4 is 5.97 Å². The Labute approximate surface area is 243 Å². The van der Waals surface area contributed by atoms with Crippen molar-refractivity contribution in [2.75, 3.05) is 20.3 Å². The molecule has 2 heterocycles. The topological polar surface area (TPSA) is 83.5 Å². The van der Waals surface area contributed by atoms with E-state index in [4.69, 9.17) is 23.7 Å². The number of esters is 1. The van der Waals surface area contributed by atoms with Gasteiger partial charge in [0.1, 0.15) is 0 Å². The van der Waals surface area contributed by atoms with Crippen LogP contribution in [0, 0.1) is 17.3 Å². The van der Waals surface area contributed by atoms with Crippen molar-refractivity contribution in [3.63, 3.8) is 0 Å². The molecule has 0 amide bonds. The molecule has 1 N–H and O–H groups in total. The second-order valence-electron chi connectivity index (χ2n) is 12.5. The lowest BCUT2D eigenvalue weighted by molar-refractivity contribution is -0.198. The largest absolute Gasteiger partial charge is 0.469 e. The van der Waals surface area contributed by atoms with Crippen LogP contribution in [0.3, 0.4) is 0 Å². The molecule has 0 aromatic carbocycles. The molecule has 7 heteroatoms. The Kier molecular flexibility index (Phi) is 14.7. The highest BCUT2D eigenvalue weighted by atomic mass is 16.7. The maximum atomic E-state index is 11.4. The maximum absolute atomic E-state index is 11.4. The van der Waals surface area contributed by atoms with Gasteiger partial charge in [0, 0.05) is 32.0 Å². The van der Waals surface area contributed by atoms with Gasteiger partial charge in [-0.3, -0.25) is 4.79 Å². The van der Waals surface area contributed by atoms with Gasteiger partial charge >= 0.3 is 5.97 Å². The molecule has 2 unspecified atom stereocenters. The summed E-state index contributed by atoms with van der Waals surface area (Å²) in [7, 11) is 1.42. The zero-order valence-electron chi connectivity index (χ0n) is 25.6. The Morgan fingerprint density at radius 2 is 1.75 bits per heavy atom. The number of ether oxygens (including phenoxy) is 5. The molecule has 2 aliphatic heterocycles. The van der Waals surface area contributed by atoms with Crippen LogP contribution in [-0.4, -0.2) is 62.3 Å². The lowest BCUT2D eigenvalue weighted by Gasteiger charge is -2.36. The first-order chi connectivity index (χ1) is 19.3. The summed E-state index contributed by atoms with van der Waals surface area (Å²) in [4.78, 5) is 11.4. The van der Waals surface area contributed by atoms with E-state index in [2.05, 4.69) is 39.0 Å². The molecular formula is C33H56O7. The number of aliphatic hydroxyl groups is 1. The van der Waals surface area contributed by atoms with E-state index in [1.54, 1.807) is 0 Å². The highest BCUT2D eigenvalue weighted by Gasteiger charge is 2.43. The lowest BCUT2D eigenvalue weighted by atomic mass is 9.80. The molecule has 0 aromatic rings. The van der Waals surface area contributed by atoms with E-state index in [1.165, 1.54) is 7.11 Å². The third-order valence-corrected chi connectivity index (χ3v) is 8.82. The Bertz CT molecular complexity index is 767. The Morgan fingerprint density at radius 3 is 2.40 bits per heavy atom. The van der Waals surface area contributed by atoms with Gasteiger partial charge in [-0.1, -0.05) is 57.9 Å². The minimum Gasteiger partial charge on any atom is -0.469 e. The number of hydrogen-bond donors (Lipinski definition) is 1. The van der Waals surface area contributed by atoms with Crippen LogP contribution in [0.25, 0.3) is 0 Å². The van der Waals surface area contributed by atoms with Gasteiger partial charge in [-0.2, -0.15) is 0 Å². The van der Waals surface area contributed by atoms with Crippen LogP contribution in [-0.2, 0) is 28.5 Å². The van der Waals surface area contributed by atoms with Gasteiger partial charge in [0.25, 0.3) is 0 Å². The molecule has 2 saturated heterocycles. The molecule has 0 radical (unpaired) electrons. The normalized spacial score (nSPS) is 30.7. The van der Waals surface area contributed by atoms with Crippen LogP contribution in [0.1, 0.15) is 111 Å². The Hall–Kier alpha value is -1.25. The zero-order chi connectivity index (χ0) is 28.8. The van der Waals surface area contributed by atoms with E-state index in [9.17, 15) is 9.90 Å². The third-order valence-electron chi connectivity index (χ3n) is 8.82. The van der Waals surface area contributed by atoms with E-state index < -0.39 is 6.10 Å². The number of unbranched alkanes of at least 4 members (excludes halogenated alkanes) is 1. The van der Waals surface area contributed by atoms with Gasteiger partial charge in [0.15, 0.2) is 12.6 Å². The average Bonchev–Trinajstić information content (AvgIpc) is 3.25. The van der Waals surface area contributed by atoms with Crippen molar-refractivity contribution in [1.82, 2.24) is 0 Å². The van der Waals surface area contributed by atoms with Crippen LogP contribution in [0.15, 0.2) is 24.3 Å². The first-order valence-electron chi connectivity index (χ1n) is 16.0. The molecule has 230 valence electrons. The van der Waals surface area contributed by atoms with E-state index in [1.807, 2.05) is 6.08 Å². The van der Waals surface area contributed by atoms with Gasteiger partial charge < -0.3 is 28.8 Å². The van der Waals surface area contributed by atoms with Crippen molar-refractivity contribution < 1.29 is 33.6 Å². The molecular weight excluding hydrogens is 508 g/mol. The van der Waals surface area contributed by atoms with E-state index in [0.717, 1.165) is 83.8 Å². The summed E-state index contributed by atoms with van der Waals surface area (Å²) in [6, 6.07) is 0. The SMILES string of the molecule is CCCCC(C)(C)[C@@H](/C=C/[C@@H]1[C@@H](CC/C=C\CCC(=O)OC)[C@@H](O)C[C@H]1OC1CCCCO1)OC1CCCCO1. The van der Waals surface area contributed by atoms with E-state index >= 15 is 0 Å². The number of carbonyl (C=O) groups is 1. The number of methoxy groups -OCH3 is 1. The van der Waals surface area contributed by atoms with Crippen LogP contribution in [0.5, 0.6) is 0 Å². The van der Waals surface area contributed by atoms with Gasteiger partial charge in [-0.15, -0.1) is 0 Å². The number of rotatable bonds is 16. The molecule has 0 aromatic heterocycles. The zero-order valence-corrected chi connectivity index (χ0v) is 25.6. The quantitative estimate of drug-likeness (QED) is 0.162. The fourth-order valence-corrected chi connectivity index (χ4v) is 6.22. The molecule has 3 aliphatic rings. The van der Waals surface area contributed by atoms with E-state index in [-0.39, 0.29) is 48.0 Å². The number of aliphatic hydroxyl groups excluding tert-OH is 1. The summed E-state index contributed by atoms with van der Waals surface area (Å²) in [5.74, 6) is -0.0342. The van der Waals surface area contributed by atoms with Crippen LogP contribution < -0.4 is 0 Å². The molecule has 40 heavy (non-hydrogen) atoms. The minimum atomic E-state index is -0.430. The summed E-state index contributed by atoms with van der Waals surface area (Å²) < 4.78 is 29.8. The molecule has 7 nitrogen and oxygen atoms in total. The molecule has 0 bridgehead atoms. The van der Waals surface area contributed by atoms with Gasteiger partial charge in [0.2, 0.25) is 0 Å². The van der Waals surface area contributed by atoms with E-state index in [0.29, 0.717) is 19.3 Å². The highest BCUT2D eigenvalue weighted by Crippen LogP contribution is 2.41. The predicted octanol–water partition coefficient (Wildman–Crippen LogP) is 6.87. The highest BCUT2D eigenvalue weighted by molar-refractivity contribution is 5.69. The summed E-state index contributed by atoms with van der Waals surface area (Å²) in [6.45, 7) is 8.32. The Balaban J connectivity index is 1.73. The smallest absolute Gasteiger partial charge is 0.305 e. The van der Waals surface area contributed by atoms with Crippen molar-refractivity contribution in [3.8, 4) is 0 Å². The first-order valence-corrected chi connectivity index (χ1v) is 16.0. The number of allylic oxidation sites excluding steroid dienone is 2. The van der Waals surface area contributed by atoms with Gasteiger partial charge in [-0.05, 0) is 75.5 Å². The van der Waals surface area contributed by atoms with Crippen LogP contribution in [0.4, 0.5) is 0 Å². The number of carbonyl (C=O) groups excluding carboxylic acids is 1. The summed E-state index contributed by atoms with van der Waals surface area (Å²) in [5, 5.41) is 11.2. The molecule has 3 fully saturated rings. The van der Waals surface area contributed by atoms with Crippen LogP contribution >= 0.6 is 0 Å². The van der Waals surface area contributed by atoms with Crippen LogP contribution in [0.2, 0.25) is 0 Å². The lowest BCUT2D eigenvalue weighted by Crippen LogP contribution is -2.37. The molecule has 1 aliphatic carbocycles. The summed E-state index contributed by atoms with van der Waals surface area (Å²) >= 11 is 0. The van der Waals surface area contributed by atoms with Crippen molar-refractivity contribution in [2.45, 2.75) is 142 Å². The summed E-state index contributed by atoms with van der Waals surface area (Å²) in [6.07, 6.45) is 20.8. The van der Waals surface area contributed by atoms with Crippen molar-refractivity contribution in [3.05, 3.63) is 24.3 Å². The average molecular weight is 565 g/mol. The molecule has 7 atom stereocenters. The van der Waals surface area contributed by atoms with Crippen molar-refractivity contribution in [2.24, 2.45) is 17.3 Å². The maximum Gasteiger partial charge on any atom is 0.305 e. The predicted molar refractivity (Wildman–Crippen MR) is 157 cm³/mol. The molecule has 1 saturated carbocycles. The second-order valence-corrected chi connectivity index (χ2v) is 12.5. The molecule has 3 rings (SSSR count). The van der Waals surface area contributed by atoms with Crippen molar-refractivity contribution in [1.29, 1.82) is 0 Å². The Morgan fingerprint density at radius 1 is 1.05 bits per heavy atom. The monoisotopic (exact) mass is 564 g/mol. The minimum absolute atomic E-state index is 0.0365. The van der Waals surface area contributed by atoms with Gasteiger partial charge in [0.05, 0.1) is 25.4 Å². The summed E-state index contributed by atoms with van der Waals surface area (Å²) in [5.41, 5.74) is -0.0365. The fraction of sp³-hybridized carbons (Fsp3) is 0.848.